The van der Waals surface area contributed by atoms with Gasteiger partial charge in [-0.05, 0) is 30.3 Å². The number of aromatic nitrogens is 2. The molecule has 0 aliphatic rings. The second-order valence-corrected chi connectivity index (χ2v) is 4.76. The molecule has 1 atom stereocenters. The van der Waals surface area contributed by atoms with Gasteiger partial charge in [-0.15, -0.1) is 10.2 Å². The van der Waals surface area contributed by atoms with Crippen molar-refractivity contribution in [2.75, 3.05) is 6.61 Å². The van der Waals surface area contributed by atoms with Crippen LogP contribution in [0, 0.1) is 11.6 Å². The second-order valence-electron chi connectivity index (χ2n) is 4.76. The molecule has 0 fully saturated rings. The van der Waals surface area contributed by atoms with Crippen molar-refractivity contribution in [2.45, 2.75) is 6.10 Å². The number of nitrogens with zero attached hydrogens (tertiary/aromatic N) is 2. The van der Waals surface area contributed by atoms with Gasteiger partial charge in [-0.25, -0.2) is 8.78 Å². The minimum Gasteiger partial charge on any atom is -0.491 e. The summed E-state index contributed by atoms with van der Waals surface area (Å²) in [4.78, 5) is 0. The Morgan fingerprint density at radius 3 is 2.57 bits per heavy atom. The molecule has 0 bridgehead atoms. The monoisotopic (exact) mass is 318 g/mol. The standard InChI is InChI=1S/C16H12F2N2O3/c17-11-3-6-13(14(18)7-11)15(21)8-22-12-4-1-10(2-5-12)16-20-19-9-23-16/h1-7,9,15,21H,8H2. The number of aliphatic hydroxyl groups excluding tert-OH is 1. The van der Waals surface area contributed by atoms with Crippen molar-refractivity contribution in [1.82, 2.24) is 10.2 Å². The van der Waals surface area contributed by atoms with Crippen LogP contribution in [0.15, 0.2) is 53.3 Å². The van der Waals surface area contributed by atoms with E-state index in [1.807, 2.05) is 0 Å². The molecule has 1 N–H and O–H groups in total. The molecule has 0 aliphatic heterocycles. The van der Waals surface area contributed by atoms with Crippen LogP contribution in [0.4, 0.5) is 8.78 Å². The smallest absolute Gasteiger partial charge is 0.247 e. The van der Waals surface area contributed by atoms with Crippen LogP contribution in [0.1, 0.15) is 11.7 Å². The van der Waals surface area contributed by atoms with E-state index in [0.29, 0.717) is 11.6 Å². The molecule has 0 amide bonds. The van der Waals surface area contributed by atoms with Gasteiger partial charge in [0.2, 0.25) is 12.3 Å². The van der Waals surface area contributed by atoms with Crippen LogP contribution in [0.2, 0.25) is 0 Å². The third-order valence-corrected chi connectivity index (χ3v) is 3.19. The van der Waals surface area contributed by atoms with Gasteiger partial charge < -0.3 is 14.3 Å². The molecule has 0 saturated heterocycles. The van der Waals surface area contributed by atoms with Gasteiger partial charge in [-0.1, -0.05) is 6.07 Å². The molecule has 2 aromatic carbocycles. The first kappa shape index (κ1) is 15.1. The number of hydrogen-bond acceptors (Lipinski definition) is 5. The zero-order valence-electron chi connectivity index (χ0n) is 11.8. The van der Waals surface area contributed by atoms with Crippen molar-refractivity contribution in [3.63, 3.8) is 0 Å². The fraction of sp³-hybridized carbons (Fsp3) is 0.125. The summed E-state index contributed by atoms with van der Waals surface area (Å²) in [7, 11) is 0. The molecule has 3 aromatic rings. The molecule has 7 heteroatoms. The summed E-state index contributed by atoms with van der Waals surface area (Å²) in [6, 6.07) is 9.75. The van der Waals surface area contributed by atoms with Crippen molar-refractivity contribution >= 4 is 0 Å². The Labute approximate surface area is 130 Å². The summed E-state index contributed by atoms with van der Waals surface area (Å²) >= 11 is 0. The van der Waals surface area contributed by atoms with Crippen molar-refractivity contribution in [2.24, 2.45) is 0 Å². The summed E-state index contributed by atoms with van der Waals surface area (Å²) in [6.45, 7) is -0.164. The summed E-state index contributed by atoms with van der Waals surface area (Å²) in [5.41, 5.74) is 0.703. The first-order valence-corrected chi connectivity index (χ1v) is 6.76. The average Bonchev–Trinajstić information content (AvgIpc) is 3.07. The van der Waals surface area contributed by atoms with E-state index >= 15 is 0 Å². The summed E-state index contributed by atoms with van der Waals surface area (Å²) in [6.07, 6.45) is 0.0269. The van der Waals surface area contributed by atoms with E-state index in [1.165, 1.54) is 12.5 Å². The van der Waals surface area contributed by atoms with Crippen LogP contribution in [-0.2, 0) is 0 Å². The molecule has 1 heterocycles. The number of rotatable bonds is 5. The normalized spacial score (nSPS) is 12.1. The Morgan fingerprint density at radius 1 is 1.13 bits per heavy atom. The Morgan fingerprint density at radius 2 is 1.91 bits per heavy atom. The van der Waals surface area contributed by atoms with Crippen molar-refractivity contribution < 1.29 is 23.0 Å². The van der Waals surface area contributed by atoms with E-state index in [2.05, 4.69) is 10.2 Å². The highest BCUT2D eigenvalue weighted by molar-refractivity contribution is 5.53. The third kappa shape index (κ3) is 3.51. The number of ether oxygens (including phenoxy) is 1. The zero-order valence-corrected chi connectivity index (χ0v) is 11.8. The van der Waals surface area contributed by atoms with E-state index in [0.717, 1.165) is 17.7 Å². The molecule has 3 rings (SSSR count). The lowest BCUT2D eigenvalue weighted by Crippen LogP contribution is -2.11. The SMILES string of the molecule is OC(COc1ccc(-c2nnco2)cc1)c1ccc(F)cc1F. The van der Waals surface area contributed by atoms with Gasteiger partial charge in [0.15, 0.2) is 0 Å². The first-order chi connectivity index (χ1) is 11.1. The fourth-order valence-electron chi connectivity index (χ4n) is 2.03. The Kier molecular flexibility index (Phi) is 4.29. The molecular formula is C16H12F2N2O3. The molecular weight excluding hydrogens is 306 g/mol. The number of halogens is 2. The van der Waals surface area contributed by atoms with E-state index in [9.17, 15) is 13.9 Å². The van der Waals surface area contributed by atoms with Gasteiger partial charge >= 0.3 is 0 Å². The van der Waals surface area contributed by atoms with Crippen LogP contribution < -0.4 is 4.74 Å². The van der Waals surface area contributed by atoms with Crippen molar-refractivity contribution in [1.29, 1.82) is 0 Å². The van der Waals surface area contributed by atoms with Gasteiger partial charge in [0.25, 0.3) is 0 Å². The van der Waals surface area contributed by atoms with Gasteiger partial charge in [-0.2, -0.15) is 0 Å². The average molecular weight is 318 g/mol. The topological polar surface area (TPSA) is 68.4 Å². The van der Waals surface area contributed by atoms with Crippen LogP contribution in [0.5, 0.6) is 5.75 Å². The Hall–Kier alpha value is -2.80. The molecule has 0 aliphatic carbocycles. The lowest BCUT2D eigenvalue weighted by Gasteiger charge is -2.13. The van der Waals surface area contributed by atoms with Crippen LogP contribution in [-0.4, -0.2) is 21.9 Å². The van der Waals surface area contributed by atoms with Crippen LogP contribution in [0.25, 0.3) is 11.5 Å². The maximum Gasteiger partial charge on any atom is 0.247 e. The minimum atomic E-state index is -1.20. The minimum absolute atomic E-state index is 0.0196. The van der Waals surface area contributed by atoms with Gasteiger partial charge in [0.1, 0.15) is 30.1 Å². The van der Waals surface area contributed by atoms with E-state index in [-0.39, 0.29) is 12.2 Å². The molecule has 1 unspecified atom stereocenters. The summed E-state index contributed by atoms with van der Waals surface area (Å²) < 4.78 is 36.9. The van der Waals surface area contributed by atoms with E-state index in [1.54, 1.807) is 24.3 Å². The molecule has 5 nitrogen and oxygen atoms in total. The Bertz CT molecular complexity index is 777. The lowest BCUT2D eigenvalue weighted by atomic mass is 10.1. The third-order valence-electron chi connectivity index (χ3n) is 3.19. The molecule has 23 heavy (non-hydrogen) atoms. The van der Waals surface area contributed by atoms with Crippen molar-refractivity contribution in [3.8, 4) is 17.2 Å². The van der Waals surface area contributed by atoms with Crippen LogP contribution >= 0.6 is 0 Å². The largest absolute Gasteiger partial charge is 0.491 e. The zero-order chi connectivity index (χ0) is 16.2. The highest BCUT2D eigenvalue weighted by atomic mass is 19.1. The molecule has 0 spiro atoms. The Balaban J connectivity index is 1.63. The van der Waals surface area contributed by atoms with E-state index in [4.69, 9.17) is 9.15 Å². The maximum atomic E-state index is 13.6. The predicted octanol–water partition coefficient (Wildman–Crippen LogP) is 3.13. The summed E-state index contributed by atoms with van der Waals surface area (Å²) in [5.74, 6) is -0.649. The molecule has 0 saturated carbocycles. The first-order valence-electron chi connectivity index (χ1n) is 6.76. The quantitative estimate of drug-likeness (QED) is 0.783. The fourth-order valence-corrected chi connectivity index (χ4v) is 2.03. The number of benzene rings is 2. The van der Waals surface area contributed by atoms with Gasteiger partial charge in [0, 0.05) is 17.2 Å². The predicted molar refractivity (Wildman–Crippen MR) is 76.5 cm³/mol. The van der Waals surface area contributed by atoms with Crippen LogP contribution in [0.3, 0.4) is 0 Å². The lowest BCUT2D eigenvalue weighted by molar-refractivity contribution is 0.105. The maximum absolute atomic E-state index is 13.6. The number of aliphatic hydroxyl groups is 1. The number of hydrogen-bond donors (Lipinski definition) is 1. The second kappa shape index (κ2) is 6.53. The molecule has 1 aromatic heterocycles. The van der Waals surface area contributed by atoms with Gasteiger partial charge in [0.05, 0.1) is 0 Å². The summed E-state index contributed by atoms with van der Waals surface area (Å²) in [5, 5.41) is 17.3. The van der Waals surface area contributed by atoms with Crippen molar-refractivity contribution in [3.05, 3.63) is 66.1 Å². The van der Waals surface area contributed by atoms with E-state index < -0.39 is 17.7 Å². The highest BCUT2D eigenvalue weighted by Gasteiger charge is 2.14. The molecule has 118 valence electrons. The molecule has 0 radical (unpaired) electrons. The highest BCUT2D eigenvalue weighted by Crippen LogP contribution is 2.22. The van der Waals surface area contributed by atoms with Gasteiger partial charge in [-0.3, -0.25) is 0 Å².